The molecule has 0 heterocycles. The van der Waals surface area contributed by atoms with E-state index in [0.29, 0.717) is 0 Å². The van der Waals surface area contributed by atoms with Gasteiger partial charge in [-0.1, -0.05) is 19.9 Å². The molecule has 0 aliphatic rings. The molecule has 1 aromatic rings. The predicted molar refractivity (Wildman–Crippen MR) is 75.9 cm³/mol. The summed E-state index contributed by atoms with van der Waals surface area (Å²) in [4.78, 5) is 34.2. The Balaban J connectivity index is 3.06. The molecule has 1 rings (SSSR count). The molecule has 0 aliphatic carbocycles. The van der Waals surface area contributed by atoms with E-state index in [0.717, 1.165) is 0 Å². The van der Waals surface area contributed by atoms with Gasteiger partial charge in [0.25, 0.3) is 11.6 Å². The summed E-state index contributed by atoms with van der Waals surface area (Å²) in [6, 6.07) is 3.43. The second-order valence-corrected chi connectivity index (χ2v) is 4.93. The zero-order chi connectivity index (χ0) is 16.2. The Morgan fingerprint density at radius 1 is 1.33 bits per heavy atom. The number of carbonyl (C=O) groups excluding carboxylic acids is 2. The van der Waals surface area contributed by atoms with Gasteiger partial charge >= 0.3 is 5.97 Å². The summed E-state index contributed by atoms with van der Waals surface area (Å²) in [5, 5.41) is 13.4. The third kappa shape index (κ3) is 3.77. The zero-order valence-electron chi connectivity index (χ0n) is 12.4. The highest BCUT2D eigenvalue weighted by Gasteiger charge is 2.27. The summed E-state index contributed by atoms with van der Waals surface area (Å²) in [6.45, 7) is 5.03. The molecule has 1 N–H and O–H groups in total. The Bertz CT molecular complexity index is 568. The number of hydrogen-bond donors (Lipinski definition) is 1. The van der Waals surface area contributed by atoms with Crippen LogP contribution in [0.5, 0.6) is 0 Å². The second kappa shape index (κ2) is 6.83. The largest absolute Gasteiger partial charge is 0.467 e. The Labute approximate surface area is 122 Å². The van der Waals surface area contributed by atoms with Gasteiger partial charge in [0.15, 0.2) is 0 Å². The van der Waals surface area contributed by atoms with E-state index in [-0.39, 0.29) is 22.7 Å². The third-order valence-corrected chi connectivity index (χ3v) is 3.15. The molecular formula is C14H18N2O5. The zero-order valence-corrected chi connectivity index (χ0v) is 12.4. The SMILES string of the molecule is COC(=O)C(NC(=O)c1cccc([N+](=O)[O-])c1C)C(C)C. The van der Waals surface area contributed by atoms with Crippen molar-refractivity contribution < 1.29 is 19.2 Å². The molecule has 1 atom stereocenters. The normalized spacial score (nSPS) is 11.9. The summed E-state index contributed by atoms with van der Waals surface area (Å²) < 4.78 is 4.64. The van der Waals surface area contributed by atoms with E-state index in [1.54, 1.807) is 13.8 Å². The Hall–Kier alpha value is -2.44. The van der Waals surface area contributed by atoms with Crippen LogP contribution in [-0.2, 0) is 9.53 Å². The molecule has 0 aromatic heterocycles. The van der Waals surface area contributed by atoms with E-state index < -0.39 is 22.8 Å². The average Bonchev–Trinajstić information content (AvgIpc) is 2.43. The molecule has 7 nitrogen and oxygen atoms in total. The van der Waals surface area contributed by atoms with Crippen molar-refractivity contribution in [3.05, 3.63) is 39.4 Å². The van der Waals surface area contributed by atoms with Crippen LogP contribution in [0.3, 0.4) is 0 Å². The van der Waals surface area contributed by atoms with E-state index in [1.807, 2.05) is 0 Å². The van der Waals surface area contributed by atoms with Gasteiger partial charge in [-0.05, 0) is 18.9 Å². The van der Waals surface area contributed by atoms with Gasteiger partial charge in [0, 0.05) is 17.2 Å². The predicted octanol–water partition coefficient (Wildman–Crippen LogP) is 1.83. The third-order valence-electron chi connectivity index (χ3n) is 3.15. The van der Waals surface area contributed by atoms with Gasteiger partial charge in [-0.2, -0.15) is 0 Å². The molecule has 0 saturated heterocycles. The quantitative estimate of drug-likeness (QED) is 0.507. The summed E-state index contributed by atoms with van der Waals surface area (Å²) >= 11 is 0. The van der Waals surface area contributed by atoms with Crippen LogP contribution < -0.4 is 5.32 Å². The minimum absolute atomic E-state index is 0.137. The van der Waals surface area contributed by atoms with Gasteiger partial charge in [-0.15, -0.1) is 0 Å². The standard InChI is InChI=1S/C14H18N2O5/c1-8(2)12(14(18)21-4)15-13(17)10-6-5-7-11(9(10)3)16(19)20/h5-8,12H,1-4H3,(H,15,17). The Kier molecular flexibility index (Phi) is 5.40. The molecule has 7 heteroatoms. The monoisotopic (exact) mass is 294 g/mol. The maximum atomic E-state index is 12.2. The van der Waals surface area contributed by atoms with E-state index in [9.17, 15) is 19.7 Å². The van der Waals surface area contributed by atoms with Crippen LogP contribution in [0.4, 0.5) is 5.69 Å². The van der Waals surface area contributed by atoms with Crippen molar-refractivity contribution in [1.29, 1.82) is 0 Å². The fourth-order valence-corrected chi connectivity index (χ4v) is 1.91. The minimum atomic E-state index is -0.804. The molecular weight excluding hydrogens is 276 g/mol. The molecule has 0 saturated carbocycles. The molecule has 0 fully saturated rings. The Morgan fingerprint density at radius 2 is 1.95 bits per heavy atom. The van der Waals surface area contributed by atoms with Crippen molar-refractivity contribution in [3.8, 4) is 0 Å². The van der Waals surface area contributed by atoms with Gasteiger partial charge in [0.1, 0.15) is 6.04 Å². The van der Waals surface area contributed by atoms with E-state index in [4.69, 9.17) is 0 Å². The topological polar surface area (TPSA) is 98.5 Å². The molecule has 1 amide bonds. The smallest absolute Gasteiger partial charge is 0.328 e. The fourth-order valence-electron chi connectivity index (χ4n) is 1.91. The molecule has 1 aromatic carbocycles. The Morgan fingerprint density at radius 3 is 2.43 bits per heavy atom. The van der Waals surface area contributed by atoms with E-state index >= 15 is 0 Å². The van der Waals surface area contributed by atoms with Crippen LogP contribution >= 0.6 is 0 Å². The summed E-state index contributed by atoms with van der Waals surface area (Å²) in [6.07, 6.45) is 0. The fraction of sp³-hybridized carbons (Fsp3) is 0.429. The average molecular weight is 294 g/mol. The van der Waals surface area contributed by atoms with Crippen molar-refractivity contribution in [2.24, 2.45) is 5.92 Å². The minimum Gasteiger partial charge on any atom is -0.467 e. The number of benzene rings is 1. The first-order chi connectivity index (χ1) is 9.79. The molecule has 21 heavy (non-hydrogen) atoms. The first-order valence-electron chi connectivity index (χ1n) is 6.42. The van der Waals surface area contributed by atoms with E-state index in [2.05, 4.69) is 10.1 Å². The number of carbonyl (C=O) groups is 2. The highest BCUT2D eigenvalue weighted by molar-refractivity contribution is 5.98. The van der Waals surface area contributed by atoms with Gasteiger partial charge in [0.2, 0.25) is 0 Å². The van der Waals surface area contributed by atoms with Crippen LogP contribution in [0, 0.1) is 23.0 Å². The van der Waals surface area contributed by atoms with Crippen molar-refractivity contribution in [1.82, 2.24) is 5.32 Å². The van der Waals surface area contributed by atoms with Crippen LogP contribution in [0.1, 0.15) is 29.8 Å². The van der Waals surface area contributed by atoms with Crippen LogP contribution in [0.15, 0.2) is 18.2 Å². The summed E-state index contributed by atoms with van der Waals surface area (Å²) in [5.74, 6) is -1.26. The number of esters is 1. The van der Waals surface area contributed by atoms with Crippen molar-refractivity contribution in [2.75, 3.05) is 7.11 Å². The molecule has 114 valence electrons. The second-order valence-electron chi connectivity index (χ2n) is 4.93. The number of nitrogens with one attached hydrogen (secondary N) is 1. The lowest BCUT2D eigenvalue weighted by molar-refractivity contribution is -0.385. The number of amides is 1. The number of rotatable bonds is 5. The van der Waals surface area contributed by atoms with Crippen LogP contribution in [0.25, 0.3) is 0 Å². The molecule has 0 aliphatic heterocycles. The summed E-state index contributed by atoms with van der Waals surface area (Å²) in [7, 11) is 1.24. The number of nitrogens with zero attached hydrogens (tertiary/aromatic N) is 1. The van der Waals surface area contributed by atoms with Crippen molar-refractivity contribution >= 4 is 17.6 Å². The number of methoxy groups -OCH3 is 1. The van der Waals surface area contributed by atoms with Crippen molar-refractivity contribution in [2.45, 2.75) is 26.8 Å². The lowest BCUT2D eigenvalue weighted by atomic mass is 10.0. The van der Waals surface area contributed by atoms with Gasteiger partial charge in [0.05, 0.1) is 12.0 Å². The van der Waals surface area contributed by atoms with E-state index in [1.165, 1.54) is 32.2 Å². The maximum absolute atomic E-state index is 12.2. The number of hydrogen-bond acceptors (Lipinski definition) is 5. The van der Waals surface area contributed by atoms with Crippen LogP contribution in [-0.4, -0.2) is 30.0 Å². The first-order valence-corrected chi connectivity index (χ1v) is 6.42. The van der Waals surface area contributed by atoms with Gasteiger partial charge < -0.3 is 10.1 Å². The summed E-state index contributed by atoms with van der Waals surface area (Å²) in [5.41, 5.74) is 0.285. The molecule has 0 bridgehead atoms. The first kappa shape index (κ1) is 16.6. The number of ether oxygens (including phenoxy) is 1. The van der Waals surface area contributed by atoms with Crippen LogP contribution in [0.2, 0.25) is 0 Å². The molecule has 0 radical (unpaired) electrons. The highest BCUT2D eigenvalue weighted by Crippen LogP contribution is 2.21. The lowest BCUT2D eigenvalue weighted by Gasteiger charge is -2.20. The van der Waals surface area contributed by atoms with Gasteiger partial charge in [-0.25, -0.2) is 4.79 Å². The molecule has 0 spiro atoms. The molecule has 1 unspecified atom stereocenters. The highest BCUT2D eigenvalue weighted by atomic mass is 16.6. The van der Waals surface area contributed by atoms with Gasteiger partial charge in [-0.3, -0.25) is 14.9 Å². The number of nitro benzene ring substituents is 1. The maximum Gasteiger partial charge on any atom is 0.328 e. The number of nitro groups is 1. The van der Waals surface area contributed by atoms with Crippen molar-refractivity contribution in [3.63, 3.8) is 0 Å². The lowest BCUT2D eigenvalue weighted by Crippen LogP contribution is -2.45.